The van der Waals surface area contributed by atoms with Crippen molar-refractivity contribution in [1.29, 1.82) is 0 Å². The molecule has 0 fully saturated rings. The SMILES string of the molecule is CCOC(CCOc1ccc(Cl)cc1)C(=O)O. The molecular formula is C12H15ClO4. The highest BCUT2D eigenvalue weighted by Gasteiger charge is 2.16. The Kier molecular flexibility index (Phi) is 5.80. The van der Waals surface area contributed by atoms with Crippen LogP contribution in [-0.2, 0) is 9.53 Å². The topological polar surface area (TPSA) is 55.8 Å². The molecule has 1 atom stereocenters. The first-order chi connectivity index (χ1) is 8.13. The van der Waals surface area contributed by atoms with Gasteiger partial charge >= 0.3 is 5.97 Å². The van der Waals surface area contributed by atoms with Crippen molar-refractivity contribution in [3.63, 3.8) is 0 Å². The molecule has 0 aliphatic rings. The number of benzene rings is 1. The predicted molar refractivity (Wildman–Crippen MR) is 64.6 cm³/mol. The maximum Gasteiger partial charge on any atom is 0.332 e. The summed E-state index contributed by atoms with van der Waals surface area (Å²) in [6, 6.07) is 6.90. The maximum atomic E-state index is 10.8. The second-order valence-corrected chi connectivity index (χ2v) is 3.81. The van der Waals surface area contributed by atoms with Gasteiger partial charge in [0.05, 0.1) is 6.61 Å². The van der Waals surface area contributed by atoms with Gasteiger partial charge in [0.2, 0.25) is 0 Å². The molecule has 0 aromatic heterocycles. The van der Waals surface area contributed by atoms with Crippen LogP contribution in [0.2, 0.25) is 5.02 Å². The minimum atomic E-state index is -0.966. The van der Waals surface area contributed by atoms with Crippen molar-refractivity contribution in [3.8, 4) is 5.75 Å². The second kappa shape index (κ2) is 7.14. The van der Waals surface area contributed by atoms with Crippen molar-refractivity contribution in [2.45, 2.75) is 19.4 Å². The van der Waals surface area contributed by atoms with Crippen molar-refractivity contribution in [3.05, 3.63) is 29.3 Å². The van der Waals surface area contributed by atoms with Gasteiger partial charge in [-0.25, -0.2) is 4.79 Å². The van der Waals surface area contributed by atoms with E-state index < -0.39 is 12.1 Å². The molecule has 94 valence electrons. The summed E-state index contributed by atoms with van der Waals surface area (Å²) in [5.41, 5.74) is 0. The summed E-state index contributed by atoms with van der Waals surface area (Å²) < 4.78 is 10.4. The lowest BCUT2D eigenvalue weighted by atomic mass is 10.2. The molecule has 0 bridgehead atoms. The van der Waals surface area contributed by atoms with E-state index in [1.165, 1.54) is 0 Å². The fraction of sp³-hybridized carbons (Fsp3) is 0.417. The summed E-state index contributed by atoms with van der Waals surface area (Å²) >= 11 is 5.73. The first kappa shape index (κ1) is 13.8. The van der Waals surface area contributed by atoms with E-state index in [0.717, 1.165) is 0 Å². The van der Waals surface area contributed by atoms with Gasteiger partial charge in [-0.05, 0) is 31.2 Å². The Labute approximate surface area is 105 Å². The molecule has 1 rings (SSSR count). The summed E-state index contributed by atoms with van der Waals surface area (Å²) in [4.78, 5) is 10.8. The van der Waals surface area contributed by atoms with Crippen molar-refractivity contribution < 1.29 is 19.4 Å². The van der Waals surface area contributed by atoms with E-state index in [-0.39, 0.29) is 0 Å². The number of hydrogen-bond donors (Lipinski definition) is 1. The molecule has 4 nitrogen and oxygen atoms in total. The number of hydrogen-bond acceptors (Lipinski definition) is 3. The number of carboxylic acids is 1. The Balaban J connectivity index is 2.35. The van der Waals surface area contributed by atoms with Gasteiger partial charge in [-0.1, -0.05) is 11.6 Å². The standard InChI is InChI=1S/C12H15ClO4/c1-2-16-11(12(14)15)7-8-17-10-5-3-9(13)4-6-10/h3-6,11H,2,7-8H2,1H3,(H,14,15). The van der Waals surface area contributed by atoms with Gasteiger partial charge in [-0.2, -0.15) is 0 Å². The van der Waals surface area contributed by atoms with E-state index in [1.54, 1.807) is 31.2 Å². The van der Waals surface area contributed by atoms with Gasteiger partial charge in [0.15, 0.2) is 6.10 Å². The van der Waals surface area contributed by atoms with Crippen LogP contribution in [0.3, 0.4) is 0 Å². The summed E-state index contributed by atoms with van der Waals surface area (Å²) in [7, 11) is 0. The highest BCUT2D eigenvalue weighted by molar-refractivity contribution is 6.30. The zero-order valence-electron chi connectivity index (χ0n) is 9.56. The lowest BCUT2D eigenvalue weighted by Crippen LogP contribution is -2.26. The maximum absolute atomic E-state index is 10.8. The fourth-order valence-corrected chi connectivity index (χ4v) is 1.42. The normalized spacial score (nSPS) is 12.1. The monoisotopic (exact) mass is 258 g/mol. The third-order valence-corrected chi connectivity index (χ3v) is 2.36. The summed E-state index contributed by atoms with van der Waals surface area (Å²) in [5, 5.41) is 9.47. The fourth-order valence-electron chi connectivity index (χ4n) is 1.29. The average molecular weight is 259 g/mol. The van der Waals surface area contributed by atoms with Crippen molar-refractivity contribution >= 4 is 17.6 Å². The highest BCUT2D eigenvalue weighted by atomic mass is 35.5. The molecule has 0 amide bonds. The highest BCUT2D eigenvalue weighted by Crippen LogP contribution is 2.15. The zero-order chi connectivity index (χ0) is 12.7. The van der Waals surface area contributed by atoms with E-state index in [9.17, 15) is 4.79 Å². The number of carboxylic acid groups (broad SMARTS) is 1. The van der Waals surface area contributed by atoms with E-state index in [2.05, 4.69) is 0 Å². The number of ether oxygens (including phenoxy) is 2. The second-order valence-electron chi connectivity index (χ2n) is 3.37. The van der Waals surface area contributed by atoms with Gasteiger partial charge in [0.25, 0.3) is 0 Å². The molecule has 0 radical (unpaired) electrons. The molecule has 0 aliphatic carbocycles. The smallest absolute Gasteiger partial charge is 0.332 e. The lowest BCUT2D eigenvalue weighted by molar-refractivity contribution is -0.150. The van der Waals surface area contributed by atoms with Gasteiger partial charge in [0, 0.05) is 18.1 Å². The van der Waals surface area contributed by atoms with Crippen molar-refractivity contribution in [2.24, 2.45) is 0 Å². The lowest BCUT2D eigenvalue weighted by Gasteiger charge is -2.12. The van der Waals surface area contributed by atoms with Crippen LogP contribution in [0.5, 0.6) is 5.75 Å². The first-order valence-corrected chi connectivity index (χ1v) is 5.74. The van der Waals surface area contributed by atoms with Gasteiger partial charge in [-0.15, -0.1) is 0 Å². The van der Waals surface area contributed by atoms with Crippen molar-refractivity contribution in [2.75, 3.05) is 13.2 Å². The zero-order valence-corrected chi connectivity index (χ0v) is 10.3. The van der Waals surface area contributed by atoms with Crippen LogP contribution in [0.15, 0.2) is 24.3 Å². The summed E-state index contributed by atoms with van der Waals surface area (Å²) in [6.07, 6.45) is -0.501. The van der Waals surface area contributed by atoms with E-state index >= 15 is 0 Å². The first-order valence-electron chi connectivity index (χ1n) is 5.36. The molecule has 1 N–H and O–H groups in total. The molecule has 1 aromatic rings. The van der Waals surface area contributed by atoms with Gasteiger partial charge in [-0.3, -0.25) is 0 Å². The predicted octanol–water partition coefficient (Wildman–Crippen LogP) is 2.60. The van der Waals surface area contributed by atoms with Gasteiger partial charge < -0.3 is 14.6 Å². The molecule has 1 unspecified atom stereocenters. The number of carbonyl (C=O) groups is 1. The van der Waals surface area contributed by atoms with Crippen LogP contribution in [0, 0.1) is 0 Å². The van der Waals surface area contributed by atoms with Crippen LogP contribution in [0.1, 0.15) is 13.3 Å². The van der Waals surface area contributed by atoms with Crippen molar-refractivity contribution in [1.82, 2.24) is 0 Å². The van der Waals surface area contributed by atoms with E-state index in [1.807, 2.05) is 0 Å². The Morgan fingerprint density at radius 2 is 2.06 bits per heavy atom. The van der Waals surface area contributed by atoms with Crippen LogP contribution in [-0.4, -0.2) is 30.4 Å². The molecule has 5 heteroatoms. The van der Waals surface area contributed by atoms with Crippen LogP contribution in [0.4, 0.5) is 0 Å². The van der Waals surface area contributed by atoms with Crippen LogP contribution in [0.25, 0.3) is 0 Å². The third-order valence-electron chi connectivity index (χ3n) is 2.11. The minimum absolute atomic E-state index is 0.290. The number of rotatable bonds is 7. The Morgan fingerprint density at radius 3 is 2.59 bits per heavy atom. The number of aliphatic carboxylic acids is 1. The Bertz CT molecular complexity index is 350. The van der Waals surface area contributed by atoms with Crippen LogP contribution < -0.4 is 4.74 Å². The molecule has 0 heterocycles. The van der Waals surface area contributed by atoms with E-state index in [4.69, 9.17) is 26.2 Å². The molecule has 0 saturated heterocycles. The molecule has 0 spiro atoms. The number of halogens is 1. The average Bonchev–Trinajstić information content (AvgIpc) is 2.30. The Hall–Kier alpha value is -1.26. The molecule has 1 aromatic carbocycles. The minimum Gasteiger partial charge on any atom is -0.493 e. The molecule has 17 heavy (non-hydrogen) atoms. The molecule has 0 aliphatic heterocycles. The molecule has 0 saturated carbocycles. The summed E-state index contributed by atoms with van der Waals surface area (Å²) in [6.45, 7) is 2.42. The van der Waals surface area contributed by atoms with E-state index in [0.29, 0.717) is 30.4 Å². The third kappa shape index (κ3) is 5.06. The van der Waals surface area contributed by atoms with Gasteiger partial charge in [0.1, 0.15) is 5.75 Å². The largest absolute Gasteiger partial charge is 0.493 e. The molecular weight excluding hydrogens is 244 g/mol. The Morgan fingerprint density at radius 1 is 1.41 bits per heavy atom. The summed E-state index contributed by atoms with van der Waals surface area (Å²) in [5.74, 6) is -0.304. The van der Waals surface area contributed by atoms with Crippen LogP contribution >= 0.6 is 11.6 Å². The quantitative estimate of drug-likeness (QED) is 0.817.